The number of hydrogen-bond acceptors (Lipinski definition) is 3. The summed E-state index contributed by atoms with van der Waals surface area (Å²) in [6.07, 6.45) is 2.01. The van der Waals surface area contributed by atoms with E-state index in [0.717, 1.165) is 23.5 Å². The summed E-state index contributed by atoms with van der Waals surface area (Å²) >= 11 is 1.60. The Morgan fingerprint density at radius 1 is 1.08 bits per heavy atom. The van der Waals surface area contributed by atoms with Crippen LogP contribution in [0.15, 0.2) is 24.3 Å². The number of ether oxygens (including phenoxy) is 1. The zero-order valence-electron chi connectivity index (χ0n) is 15.7. The largest absolute Gasteiger partial charge is 0.497 e. The zero-order valence-corrected chi connectivity index (χ0v) is 16.5. The van der Waals surface area contributed by atoms with Crippen molar-refractivity contribution < 1.29 is 9.53 Å². The van der Waals surface area contributed by atoms with Gasteiger partial charge in [-0.1, -0.05) is 33.8 Å². The molecule has 4 heteroatoms. The highest BCUT2D eigenvalue weighted by Gasteiger charge is 2.25. The molecule has 2 aromatic rings. The van der Waals surface area contributed by atoms with Gasteiger partial charge in [0.25, 0.3) is 5.91 Å². The second kappa shape index (κ2) is 7.20. The second-order valence-electron chi connectivity index (χ2n) is 7.48. The minimum atomic E-state index is 0.0521. The lowest BCUT2D eigenvalue weighted by molar-refractivity contribution is 0.0914. The summed E-state index contributed by atoms with van der Waals surface area (Å²) < 4.78 is 5.38. The van der Waals surface area contributed by atoms with Gasteiger partial charge >= 0.3 is 0 Å². The van der Waals surface area contributed by atoms with E-state index in [-0.39, 0.29) is 11.9 Å². The summed E-state index contributed by atoms with van der Waals surface area (Å²) in [5.41, 5.74) is 3.83. The number of thiophene rings is 1. The van der Waals surface area contributed by atoms with Crippen molar-refractivity contribution in [2.75, 3.05) is 7.11 Å². The van der Waals surface area contributed by atoms with Crippen molar-refractivity contribution in [3.63, 3.8) is 0 Å². The molecule has 1 N–H and O–H groups in total. The van der Waals surface area contributed by atoms with Gasteiger partial charge in [0.1, 0.15) is 5.75 Å². The van der Waals surface area contributed by atoms with Crippen LogP contribution in [-0.4, -0.2) is 19.1 Å². The van der Waals surface area contributed by atoms with E-state index in [2.05, 4.69) is 51.2 Å². The van der Waals surface area contributed by atoms with Crippen molar-refractivity contribution in [3.8, 4) is 16.2 Å². The van der Waals surface area contributed by atoms with Crippen molar-refractivity contribution >= 4 is 17.2 Å². The highest BCUT2D eigenvalue weighted by molar-refractivity contribution is 7.17. The molecule has 0 bridgehead atoms. The molecule has 0 atom stereocenters. The summed E-state index contributed by atoms with van der Waals surface area (Å²) in [7, 11) is 1.69. The zero-order chi connectivity index (χ0) is 18.1. The van der Waals surface area contributed by atoms with Crippen LogP contribution in [0.2, 0.25) is 0 Å². The first kappa shape index (κ1) is 18.0. The fourth-order valence-electron chi connectivity index (χ4n) is 3.66. The summed E-state index contributed by atoms with van der Waals surface area (Å²) in [5, 5.41) is 3.23. The van der Waals surface area contributed by atoms with E-state index in [1.807, 2.05) is 6.07 Å². The predicted octanol–water partition coefficient (Wildman–Crippen LogP) is 4.93. The molecule has 0 saturated heterocycles. The maximum absolute atomic E-state index is 12.8. The number of aryl methyl sites for hydroxylation is 2. The molecule has 0 saturated carbocycles. The number of fused-ring (bicyclic) bond motifs is 3. The summed E-state index contributed by atoms with van der Waals surface area (Å²) in [6, 6.07) is 8.52. The van der Waals surface area contributed by atoms with Crippen LogP contribution in [0.25, 0.3) is 10.4 Å². The molecule has 1 aliphatic carbocycles. The van der Waals surface area contributed by atoms with Gasteiger partial charge in [-0.2, -0.15) is 0 Å². The first-order chi connectivity index (χ1) is 11.9. The van der Waals surface area contributed by atoms with Crippen LogP contribution in [-0.2, 0) is 12.8 Å². The molecule has 0 fully saturated rings. The lowest BCUT2D eigenvalue weighted by Crippen LogP contribution is -2.41. The molecule has 3 rings (SSSR count). The van der Waals surface area contributed by atoms with E-state index in [1.54, 1.807) is 18.4 Å². The molecule has 0 spiro atoms. The highest BCUT2D eigenvalue weighted by atomic mass is 32.1. The van der Waals surface area contributed by atoms with Gasteiger partial charge < -0.3 is 10.1 Å². The molecule has 0 radical (unpaired) electrons. The summed E-state index contributed by atoms with van der Waals surface area (Å²) in [5.74, 6) is 1.76. The fourth-order valence-corrected chi connectivity index (χ4v) is 4.83. The first-order valence-electron chi connectivity index (χ1n) is 9.01. The monoisotopic (exact) mass is 357 g/mol. The van der Waals surface area contributed by atoms with Gasteiger partial charge in [-0.05, 0) is 59.6 Å². The fraction of sp³-hybridized carbons (Fsp3) is 0.476. The highest BCUT2D eigenvalue weighted by Crippen LogP contribution is 2.41. The third-order valence-electron chi connectivity index (χ3n) is 4.99. The van der Waals surface area contributed by atoms with Crippen LogP contribution in [0.4, 0.5) is 0 Å². The second-order valence-corrected chi connectivity index (χ2v) is 8.53. The number of carbonyl (C=O) groups excluding carboxylic acids is 1. The molecule has 134 valence electrons. The van der Waals surface area contributed by atoms with Crippen molar-refractivity contribution in [1.29, 1.82) is 0 Å². The Morgan fingerprint density at radius 2 is 1.76 bits per heavy atom. The van der Waals surface area contributed by atoms with Crippen LogP contribution in [0.5, 0.6) is 5.75 Å². The van der Waals surface area contributed by atoms with Crippen molar-refractivity contribution in [2.24, 2.45) is 11.8 Å². The number of benzene rings is 1. The molecule has 1 heterocycles. The van der Waals surface area contributed by atoms with Crippen molar-refractivity contribution in [1.82, 2.24) is 5.32 Å². The Kier molecular flexibility index (Phi) is 5.19. The van der Waals surface area contributed by atoms with Gasteiger partial charge in [-0.15, -0.1) is 11.3 Å². The SMILES string of the molecule is COc1ccc2c(c1)-c1sc(C(=O)NC(C(C)C)C(C)C)cc1CC2. The van der Waals surface area contributed by atoms with Gasteiger partial charge in [-0.25, -0.2) is 0 Å². The van der Waals surface area contributed by atoms with Crippen LogP contribution >= 0.6 is 11.3 Å². The Morgan fingerprint density at radius 3 is 2.40 bits per heavy atom. The smallest absolute Gasteiger partial charge is 0.261 e. The third-order valence-corrected chi connectivity index (χ3v) is 6.20. The van der Waals surface area contributed by atoms with E-state index >= 15 is 0 Å². The molecule has 3 nitrogen and oxygen atoms in total. The number of nitrogens with one attached hydrogen (secondary N) is 1. The Balaban J connectivity index is 1.89. The Labute approximate surface area is 154 Å². The molecule has 25 heavy (non-hydrogen) atoms. The molecular weight excluding hydrogens is 330 g/mol. The Bertz CT molecular complexity index is 768. The minimum absolute atomic E-state index is 0.0521. The molecule has 1 aromatic carbocycles. The van der Waals surface area contributed by atoms with Crippen LogP contribution in [0.3, 0.4) is 0 Å². The number of rotatable bonds is 5. The van der Waals surface area contributed by atoms with E-state index in [1.165, 1.54) is 21.6 Å². The maximum Gasteiger partial charge on any atom is 0.261 e. The van der Waals surface area contributed by atoms with Gasteiger partial charge in [0.05, 0.1) is 12.0 Å². The van der Waals surface area contributed by atoms with Crippen molar-refractivity contribution in [2.45, 2.75) is 46.6 Å². The number of methoxy groups -OCH3 is 1. The average molecular weight is 358 g/mol. The van der Waals surface area contributed by atoms with E-state index in [0.29, 0.717) is 11.8 Å². The summed E-state index contributed by atoms with van der Waals surface area (Å²) in [6.45, 7) is 8.64. The minimum Gasteiger partial charge on any atom is -0.497 e. The third kappa shape index (κ3) is 3.59. The molecule has 1 aromatic heterocycles. The molecule has 1 aliphatic rings. The molecular formula is C21H27NO2S. The van der Waals surface area contributed by atoms with Crippen LogP contribution in [0, 0.1) is 11.8 Å². The Hall–Kier alpha value is -1.81. The number of hydrogen-bond donors (Lipinski definition) is 1. The summed E-state index contributed by atoms with van der Waals surface area (Å²) in [4.78, 5) is 14.8. The molecule has 0 aliphatic heterocycles. The number of amides is 1. The van der Waals surface area contributed by atoms with Gasteiger partial charge in [0.2, 0.25) is 0 Å². The van der Waals surface area contributed by atoms with Crippen molar-refractivity contribution in [3.05, 3.63) is 40.3 Å². The average Bonchev–Trinajstić information content (AvgIpc) is 3.03. The lowest BCUT2D eigenvalue weighted by atomic mass is 9.91. The van der Waals surface area contributed by atoms with Gasteiger partial charge in [0.15, 0.2) is 0 Å². The normalized spacial score (nSPS) is 13.1. The standard InChI is InChI=1S/C21H27NO2S/c1-12(2)19(13(3)4)22-21(23)18-10-15-7-6-14-8-9-16(24-5)11-17(14)20(15)25-18/h8-13,19H,6-7H2,1-5H3,(H,22,23). The molecule has 1 amide bonds. The first-order valence-corrected chi connectivity index (χ1v) is 9.83. The maximum atomic E-state index is 12.8. The van der Waals surface area contributed by atoms with E-state index in [9.17, 15) is 4.79 Å². The van der Waals surface area contributed by atoms with Gasteiger partial charge in [-0.3, -0.25) is 4.79 Å². The number of carbonyl (C=O) groups is 1. The quantitative estimate of drug-likeness (QED) is 0.824. The lowest BCUT2D eigenvalue weighted by Gasteiger charge is -2.25. The van der Waals surface area contributed by atoms with Crippen LogP contribution in [0.1, 0.15) is 48.5 Å². The van der Waals surface area contributed by atoms with E-state index in [4.69, 9.17) is 4.74 Å². The van der Waals surface area contributed by atoms with E-state index < -0.39 is 0 Å². The molecule has 0 unspecified atom stereocenters. The van der Waals surface area contributed by atoms with Crippen LogP contribution < -0.4 is 10.1 Å². The predicted molar refractivity (Wildman–Crippen MR) is 105 cm³/mol. The topological polar surface area (TPSA) is 38.3 Å². The van der Waals surface area contributed by atoms with Gasteiger partial charge in [0, 0.05) is 10.9 Å².